The Morgan fingerprint density at radius 3 is 2.12 bits per heavy atom. The van der Waals surface area contributed by atoms with Gasteiger partial charge < -0.3 is 14.5 Å². The normalized spacial score (nSPS) is 16.8. The molecule has 10 heteroatoms. The third kappa shape index (κ3) is 5.31. The quantitative estimate of drug-likeness (QED) is 0.0920. The van der Waals surface area contributed by atoms with Gasteiger partial charge in [0.05, 0.1) is 27.7 Å². The van der Waals surface area contributed by atoms with Crippen LogP contribution in [-0.4, -0.2) is 40.0 Å². The van der Waals surface area contributed by atoms with Crippen molar-refractivity contribution in [1.82, 2.24) is 9.97 Å². The van der Waals surface area contributed by atoms with Crippen LogP contribution in [0.25, 0.3) is 22.0 Å². The van der Waals surface area contributed by atoms with Crippen LogP contribution in [-0.2, 0) is 5.41 Å². The summed E-state index contributed by atoms with van der Waals surface area (Å²) in [5.41, 5.74) is 5.65. The van der Waals surface area contributed by atoms with Crippen molar-refractivity contribution in [1.29, 1.82) is 0 Å². The lowest BCUT2D eigenvalue weighted by atomic mass is 9.82. The number of benzene rings is 5. The third-order valence-corrected chi connectivity index (χ3v) is 12.2. The lowest BCUT2D eigenvalue weighted by Crippen LogP contribution is -2.30. The summed E-state index contributed by atoms with van der Waals surface area (Å²) < 4.78 is 12.0. The molecule has 1 saturated carbocycles. The van der Waals surface area contributed by atoms with Gasteiger partial charge in [-0.25, -0.2) is 9.88 Å². The van der Waals surface area contributed by atoms with Gasteiger partial charge in [-0.15, -0.1) is 0 Å². The number of rotatable bonds is 8. The maximum absolute atomic E-state index is 14.4. The van der Waals surface area contributed by atoms with Crippen LogP contribution < -0.4 is 19.9 Å². The van der Waals surface area contributed by atoms with Crippen molar-refractivity contribution in [2.24, 2.45) is 0 Å². The fraction of sp³-hybridized carbons (Fsp3) is 0.208. The summed E-state index contributed by atoms with van der Waals surface area (Å²) in [6.07, 6.45) is 5.50. The van der Waals surface area contributed by atoms with Crippen molar-refractivity contribution in [3.8, 4) is 28.4 Å². The number of ketones is 2. The molecule has 5 aromatic carbocycles. The minimum Gasteiger partial charge on any atom is -0.490 e. The Balaban J connectivity index is 0.977. The summed E-state index contributed by atoms with van der Waals surface area (Å²) >= 11 is 0. The van der Waals surface area contributed by atoms with E-state index < -0.39 is 34.9 Å². The molecule has 58 heavy (non-hydrogen) atoms. The lowest BCUT2D eigenvalue weighted by molar-refractivity contribution is 0.0882. The van der Waals surface area contributed by atoms with E-state index >= 15 is 0 Å². The first-order valence-corrected chi connectivity index (χ1v) is 19.5. The molecule has 0 bridgehead atoms. The number of imide groups is 1. The Hall–Kier alpha value is -6.94. The van der Waals surface area contributed by atoms with E-state index in [1.54, 1.807) is 24.3 Å². The third-order valence-electron chi connectivity index (χ3n) is 12.2. The smallest absolute Gasteiger partial charge is 0.266 e. The highest BCUT2D eigenvalue weighted by molar-refractivity contribution is 6.37. The van der Waals surface area contributed by atoms with Gasteiger partial charge in [-0.05, 0) is 95.1 Å². The van der Waals surface area contributed by atoms with Gasteiger partial charge in [-0.1, -0.05) is 75.7 Å². The molecule has 286 valence electrons. The van der Waals surface area contributed by atoms with Crippen LogP contribution >= 0.6 is 0 Å². The number of carbonyl (C=O) groups excluding carboxylic acids is 4. The first-order valence-electron chi connectivity index (χ1n) is 19.5. The van der Waals surface area contributed by atoms with E-state index in [4.69, 9.17) is 9.47 Å². The van der Waals surface area contributed by atoms with Gasteiger partial charge in [0.25, 0.3) is 17.4 Å². The average Bonchev–Trinajstić information content (AvgIpc) is 3.96. The standard InChI is InChI=1S/C48H37N3O7/c1-4-19-57-26-15-18-39-36(20-26)45(54)50-44(49-39)41-42(52)32-23-34-35(24-33(32)43(41)53)47(56)51(46(34)55)40-22-28(13-16-29(40)25-9-5-6-10-25)58-27-14-17-31-30-11-7-8-12-37(30)48(2,3)38(31)21-27/h4,7-8,11-18,20-25,41H,1,5-6,9-10,19H2,2-3H3,(H,49,50,54). The van der Waals surface area contributed by atoms with E-state index in [0.717, 1.165) is 47.3 Å². The van der Waals surface area contributed by atoms with Crippen LogP contribution in [0.5, 0.6) is 17.2 Å². The Kier molecular flexibility index (Phi) is 7.99. The number of anilines is 1. The highest BCUT2D eigenvalue weighted by Gasteiger charge is 2.46. The van der Waals surface area contributed by atoms with E-state index in [9.17, 15) is 24.0 Å². The van der Waals surface area contributed by atoms with Crippen molar-refractivity contribution in [2.45, 2.75) is 56.8 Å². The van der Waals surface area contributed by atoms with Gasteiger partial charge >= 0.3 is 0 Å². The number of aromatic amines is 1. The molecule has 1 fully saturated rings. The van der Waals surface area contributed by atoms with Crippen molar-refractivity contribution < 1.29 is 28.7 Å². The highest BCUT2D eigenvalue weighted by atomic mass is 16.5. The summed E-state index contributed by atoms with van der Waals surface area (Å²) in [7, 11) is 0. The van der Waals surface area contributed by atoms with E-state index in [1.807, 2.05) is 24.3 Å². The zero-order valence-corrected chi connectivity index (χ0v) is 31.9. The zero-order valence-electron chi connectivity index (χ0n) is 31.9. The molecule has 10 rings (SSSR count). The maximum Gasteiger partial charge on any atom is 0.266 e. The molecule has 0 unspecified atom stereocenters. The molecule has 1 aliphatic heterocycles. The van der Waals surface area contributed by atoms with Crippen LogP contribution in [0.3, 0.4) is 0 Å². The summed E-state index contributed by atoms with van der Waals surface area (Å²) in [5.74, 6) is -2.27. The molecule has 6 aromatic rings. The second-order valence-corrected chi connectivity index (χ2v) is 16.0. The molecule has 2 heterocycles. The summed E-state index contributed by atoms with van der Waals surface area (Å²) in [4.78, 5) is 78.0. The van der Waals surface area contributed by atoms with Crippen LogP contribution in [0.4, 0.5) is 5.69 Å². The maximum atomic E-state index is 14.4. The number of hydrogen-bond donors (Lipinski definition) is 1. The van der Waals surface area contributed by atoms with Crippen LogP contribution in [0.1, 0.15) is 115 Å². The molecule has 0 atom stereocenters. The number of aromatic nitrogens is 2. The van der Waals surface area contributed by atoms with Gasteiger partial charge in [-0.3, -0.25) is 24.0 Å². The number of Topliss-reactive ketones (excluding diaryl/α,β-unsaturated/α-hetero) is 2. The first-order chi connectivity index (χ1) is 28.0. The van der Waals surface area contributed by atoms with Gasteiger partial charge in [0.15, 0.2) is 11.6 Å². The molecule has 1 aromatic heterocycles. The highest BCUT2D eigenvalue weighted by Crippen LogP contribution is 2.50. The largest absolute Gasteiger partial charge is 0.490 e. The van der Waals surface area contributed by atoms with E-state index in [0.29, 0.717) is 22.9 Å². The number of hydrogen-bond acceptors (Lipinski definition) is 8. The number of fused-ring (bicyclic) bond motifs is 6. The minimum atomic E-state index is -1.44. The van der Waals surface area contributed by atoms with Crippen LogP contribution in [0.2, 0.25) is 0 Å². The topological polar surface area (TPSA) is 136 Å². The number of ether oxygens (including phenoxy) is 2. The second-order valence-electron chi connectivity index (χ2n) is 16.0. The Morgan fingerprint density at radius 2 is 1.40 bits per heavy atom. The SMILES string of the molecule is C=CCOc1ccc2nc(C3C(=O)c4cc5c(cc4C3=O)C(=O)N(c3cc(Oc4ccc6c(c4)C(C)(C)c4ccccc4-6)ccc3C3CCCC3)C5=O)[nH]c(=O)c2c1. The molecule has 1 N–H and O–H groups in total. The van der Waals surface area contributed by atoms with Gasteiger partial charge in [0.2, 0.25) is 0 Å². The van der Waals surface area contributed by atoms with Crippen LogP contribution in [0, 0.1) is 0 Å². The first kappa shape index (κ1) is 35.5. The Bertz CT molecular complexity index is 2850. The Labute approximate surface area is 333 Å². The predicted molar refractivity (Wildman–Crippen MR) is 219 cm³/mol. The number of amides is 2. The molecular formula is C48H37N3O7. The van der Waals surface area contributed by atoms with Crippen molar-refractivity contribution in [3.05, 3.63) is 159 Å². The molecule has 3 aliphatic carbocycles. The molecule has 4 aliphatic rings. The molecule has 0 spiro atoms. The molecule has 0 radical (unpaired) electrons. The number of nitrogens with zero attached hydrogens (tertiary/aromatic N) is 2. The van der Waals surface area contributed by atoms with Gasteiger partial charge in [-0.2, -0.15) is 0 Å². The summed E-state index contributed by atoms with van der Waals surface area (Å²) in [6, 6.07) is 27.5. The zero-order chi connectivity index (χ0) is 40.0. The predicted octanol–water partition coefficient (Wildman–Crippen LogP) is 9.21. The van der Waals surface area contributed by atoms with Gasteiger partial charge in [0, 0.05) is 22.6 Å². The fourth-order valence-electron chi connectivity index (χ4n) is 9.35. The summed E-state index contributed by atoms with van der Waals surface area (Å²) in [6.45, 7) is 8.28. The number of carbonyl (C=O) groups is 4. The van der Waals surface area contributed by atoms with Gasteiger partial charge in [0.1, 0.15) is 35.6 Å². The van der Waals surface area contributed by atoms with Crippen LogP contribution in [0.15, 0.2) is 108 Å². The molecule has 2 amide bonds. The fourth-order valence-corrected chi connectivity index (χ4v) is 9.35. The molecule has 10 nitrogen and oxygen atoms in total. The number of H-pyrrole nitrogens is 1. The lowest BCUT2D eigenvalue weighted by Gasteiger charge is -2.23. The van der Waals surface area contributed by atoms with E-state index in [-0.39, 0.29) is 56.9 Å². The molecular weight excluding hydrogens is 731 g/mol. The molecule has 0 saturated heterocycles. The van der Waals surface area contributed by atoms with E-state index in [1.165, 1.54) is 29.3 Å². The average molecular weight is 768 g/mol. The minimum absolute atomic E-state index is 0.00227. The Morgan fingerprint density at radius 1 is 0.741 bits per heavy atom. The second kappa shape index (κ2) is 13.1. The monoisotopic (exact) mass is 767 g/mol. The van der Waals surface area contributed by atoms with E-state index in [2.05, 4.69) is 60.7 Å². The van der Waals surface area contributed by atoms with Crippen molar-refractivity contribution in [3.63, 3.8) is 0 Å². The summed E-state index contributed by atoms with van der Waals surface area (Å²) in [5, 5.41) is 0.227. The van der Waals surface area contributed by atoms with Crippen molar-refractivity contribution >= 4 is 40.0 Å². The number of nitrogens with one attached hydrogen (secondary N) is 1. The van der Waals surface area contributed by atoms with Crippen molar-refractivity contribution in [2.75, 3.05) is 11.5 Å².